The van der Waals surface area contributed by atoms with E-state index in [-0.39, 0.29) is 0 Å². The Morgan fingerprint density at radius 3 is 2.03 bits per heavy atom. The van der Waals surface area contributed by atoms with Gasteiger partial charge in [0.1, 0.15) is 5.75 Å². The standard InChI is InChI=1S/C31H25NO/c1-24-28(22-21-25-13-5-2-6-14-25)29-19-11-12-20-30(29)33-31(24,27-17-9-4-10-18-27)32-23-26-15-7-3-8-16-26/h2-20,32H,23H2,1H3/t31-/m0/s1. The maximum atomic E-state index is 6.79. The van der Waals surface area contributed by atoms with Crippen LogP contribution in [0.5, 0.6) is 5.75 Å². The van der Waals surface area contributed by atoms with E-state index in [1.54, 1.807) is 0 Å². The van der Waals surface area contributed by atoms with Gasteiger partial charge >= 0.3 is 0 Å². The highest BCUT2D eigenvalue weighted by Gasteiger charge is 2.41. The van der Waals surface area contributed by atoms with Crippen molar-refractivity contribution < 1.29 is 4.74 Å². The Morgan fingerprint density at radius 2 is 1.30 bits per heavy atom. The summed E-state index contributed by atoms with van der Waals surface area (Å²) in [4.78, 5) is 0. The van der Waals surface area contributed by atoms with E-state index >= 15 is 0 Å². The van der Waals surface area contributed by atoms with Crippen molar-refractivity contribution in [1.29, 1.82) is 0 Å². The van der Waals surface area contributed by atoms with E-state index in [4.69, 9.17) is 4.74 Å². The van der Waals surface area contributed by atoms with Gasteiger partial charge in [0.2, 0.25) is 5.72 Å². The molecule has 1 aliphatic heterocycles. The van der Waals surface area contributed by atoms with Gasteiger partial charge in [0.25, 0.3) is 0 Å². The molecule has 1 aliphatic rings. The molecule has 1 N–H and O–H groups in total. The predicted octanol–water partition coefficient (Wildman–Crippen LogP) is 6.55. The molecule has 160 valence electrons. The van der Waals surface area contributed by atoms with Gasteiger partial charge in [-0.1, -0.05) is 103 Å². The normalized spacial score (nSPS) is 16.9. The van der Waals surface area contributed by atoms with Crippen LogP contribution in [-0.4, -0.2) is 0 Å². The van der Waals surface area contributed by atoms with Gasteiger partial charge < -0.3 is 4.74 Å². The first kappa shape index (κ1) is 20.8. The van der Waals surface area contributed by atoms with Gasteiger partial charge in [-0.15, -0.1) is 0 Å². The van der Waals surface area contributed by atoms with Crippen LogP contribution in [0.3, 0.4) is 0 Å². The summed E-state index contributed by atoms with van der Waals surface area (Å²) in [6.45, 7) is 2.78. The molecule has 33 heavy (non-hydrogen) atoms. The average Bonchev–Trinajstić information content (AvgIpc) is 2.89. The largest absolute Gasteiger partial charge is 0.464 e. The second-order valence-electron chi connectivity index (χ2n) is 8.10. The summed E-state index contributed by atoms with van der Waals surface area (Å²) in [5, 5.41) is 3.74. The number of allylic oxidation sites excluding steroid dienone is 1. The van der Waals surface area contributed by atoms with Crippen molar-refractivity contribution in [2.75, 3.05) is 0 Å². The number of ether oxygens (including phenoxy) is 1. The maximum Gasteiger partial charge on any atom is 0.211 e. The monoisotopic (exact) mass is 427 g/mol. The third-order valence-electron chi connectivity index (χ3n) is 5.99. The van der Waals surface area contributed by atoms with E-state index < -0.39 is 5.72 Å². The highest BCUT2D eigenvalue weighted by Crippen LogP contribution is 2.44. The van der Waals surface area contributed by atoms with Gasteiger partial charge in [-0.2, -0.15) is 0 Å². The molecule has 2 heteroatoms. The lowest BCUT2D eigenvalue weighted by atomic mass is 9.85. The van der Waals surface area contributed by atoms with Gasteiger partial charge in [-0.3, -0.25) is 5.32 Å². The molecular formula is C31H25NO. The minimum absolute atomic E-state index is 0.661. The minimum atomic E-state index is -0.827. The first-order valence-electron chi connectivity index (χ1n) is 11.2. The molecule has 1 heterocycles. The highest BCUT2D eigenvalue weighted by atomic mass is 16.5. The Labute approximate surface area is 195 Å². The molecule has 0 aliphatic carbocycles. The van der Waals surface area contributed by atoms with E-state index in [2.05, 4.69) is 66.5 Å². The highest BCUT2D eigenvalue weighted by molar-refractivity contribution is 5.87. The fourth-order valence-electron chi connectivity index (χ4n) is 4.24. The van der Waals surface area contributed by atoms with Gasteiger partial charge in [-0.25, -0.2) is 0 Å². The Morgan fingerprint density at radius 1 is 0.697 bits per heavy atom. The number of fused-ring (bicyclic) bond motifs is 1. The second kappa shape index (κ2) is 9.20. The summed E-state index contributed by atoms with van der Waals surface area (Å²) in [7, 11) is 0. The molecule has 0 saturated heterocycles. The number of hydrogen-bond donors (Lipinski definition) is 1. The fraction of sp³-hybridized carbons (Fsp3) is 0.0968. The van der Waals surface area contributed by atoms with Crippen LogP contribution in [0.25, 0.3) is 5.57 Å². The fourth-order valence-corrected chi connectivity index (χ4v) is 4.24. The van der Waals surface area contributed by atoms with Crippen molar-refractivity contribution in [3.63, 3.8) is 0 Å². The van der Waals surface area contributed by atoms with Gasteiger partial charge in [0.05, 0.1) is 0 Å². The smallest absolute Gasteiger partial charge is 0.211 e. The third-order valence-corrected chi connectivity index (χ3v) is 5.99. The van der Waals surface area contributed by atoms with Crippen molar-refractivity contribution in [2.45, 2.75) is 19.2 Å². The molecular weight excluding hydrogens is 402 g/mol. The first-order valence-corrected chi connectivity index (χ1v) is 11.2. The lowest BCUT2D eigenvalue weighted by Gasteiger charge is -2.41. The van der Waals surface area contributed by atoms with Gasteiger partial charge in [-0.05, 0) is 36.8 Å². The van der Waals surface area contributed by atoms with E-state index in [9.17, 15) is 0 Å². The van der Waals surface area contributed by atoms with Gasteiger partial charge in [0.15, 0.2) is 0 Å². The topological polar surface area (TPSA) is 21.3 Å². The molecule has 0 amide bonds. The van der Waals surface area contributed by atoms with Crippen LogP contribution in [0.2, 0.25) is 0 Å². The lowest BCUT2D eigenvalue weighted by molar-refractivity contribution is 0.0618. The van der Waals surface area contributed by atoms with E-state index in [0.717, 1.165) is 33.6 Å². The summed E-state index contributed by atoms with van der Waals surface area (Å²) < 4.78 is 6.79. The van der Waals surface area contributed by atoms with Crippen LogP contribution >= 0.6 is 0 Å². The Balaban J connectivity index is 1.67. The molecule has 4 aromatic carbocycles. The number of benzene rings is 4. The van der Waals surface area contributed by atoms with Crippen LogP contribution in [0.1, 0.15) is 29.2 Å². The molecule has 2 nitrogen and oxygen atoms in total. The van der Waals surface area contributed by atoms with Crippen LogP contribution in [0, 0.1) is 11.8 Å². The van der Waals surface area contributed by atoms with E-state index in [1.165, 1.54) is 5.56 Å². The molecule has 0 bridgehead atoms. The van der Waals surface area contributed by atoms with Crippen LogP contribution in [0.15, 0.2) is 121 Å². The van der Waals surface area contributed by atoms with Crippen molar-refractivity contribution >= 4 is 5.57 Å². The zero-order valence-electron chi connectivity index (χ0n) is 18.6. The van der Waals surface area contributed by atoms with E-state index in [0.29, 0.717) is 6.54 Å². The molecule has 0 aromatic heterocycles. The second-order valence-corrected chi connectivity index (χ2v) is 8.10. The lowest BCUT2D eigenvalue weighted by Crippen LogP contribution is -2.50. The summed E-state index contributed by atoms with van der Waals surface area (Å²) in [6, 6.07) is 39.0. The van der Waals surface area contributed by atoms with Crippen molar-refractivity contribution in [3.8, 4) is 17.6 Å². The van der Waals surface area contributed by atoms with Crippen molar-refractivity contribution in [2.24, 2.45) is 0 Å². The summed E-state index contributed by atoms with van der Waals surface area (Å²) >= 11 is 0. The zero-order chi connectivity index (χ0) is 22.5. The van der Waals surface area contributed by atoms with Crippen LogP contribution in [-0.2, 0) is 12.3 Å². The van der Waals surface area contributed by atoms with E-state index in [1.807, 2.05) is 72.8 Å². The minimum Gasteiger partial charge on any atom is -0.464 e. The molecule has 1 atom stereocenters. The molecule has 4 aromatic rings. The third kappa shape index (κ3) is 4.20. The predicted molar refractivity (Wildman–Crippen MR) is 134 cm³/mol. The molecule has 0 radical (unpaired) electrons. The summed E-state index contributed by atoms with van der Waals surface area (Å²) in [5.41, 5.74) is 5.46. The number of nitrogens with one attached hydrogen (secondary N) is 1. The van der Waals surface area contributed by atoms with Crippen LogP contribution in [0.4, 0.5) is 0 Å². The van der Waals surface area contributed by atoms with Crippen molar-refractivity contribution in [3.05, 3.63) is 143 Å². The summed E-state index contributed by atoms with van der Waals surface area (Å²) in [6.07, 6.45) is 0. The molecule has 0 saturated carbocycles. The Bertz CT molecular complexity index is 1330. The van der Waals surface area contributed by atoms with Crippen molar-refractivity contribution in [1.82, 2.24) is 5.32 Å². The molecule has 5 rings (SSSR count). The van der Waals surface area contributed by atoms with Gasteiger partial charge in [0, 0.05) is 34.4 Å². The molecule has 0 fully saturated rings. The quantitative estimate of drug-likeness (QED) is 0.373. The Hall–Kier alpha value is -4.06. The maximum absolute atomic E-state index is 6.79. The summed E-state index contributed by atoms with van der Waals surface area (Å²) in [5.74, 6) is 7.66. The average molecular weight is 428 g/mol. The zero-order valence-corrected chi connectivity index (χ0v) is 18.6. The number of para-hydroxylation sites is 1. The SMILES string of the molecule is CC1=C(C#Cc2ccccc2)c2ccccc2O[C@]1(NCc1ccccc1)c1ccccc1. The van der Waals surface area contributed by atoms with Crippen LogP contribution < -0.4 is 10.1 Å². The number of rotatable bonds is 4. The Kier molecular flexibility index (Phi) is 5.81. The molecule has 0 spiro atoms. The first-order chi connectivity index (χ1) is 16.3. The molecule has 0 unspecified atom stereocenters. The number of hydrogen-bond acceptors (Lipinski definition) is 2.